The van der Waals surface area contributed by atoms with Crippen LogP contribution >= 0.6 is 23.2 Å². The molecule has 0 aliphatic carbocycles. The van der Waals surface area contributed by atoms with Gasteiger partial charge in [-0.2, -0.15) is 5.26 Å². The van der Waals surface area contributed by atoms with Crippen molar-refractivity contribution in [2.45, 2.75) is 33.1 Å². The lowest BCUT2D eigenvalue weighted by Crippen LogP contribution is -2.01. The van der Waals surface area contributed by atoms with Crippen LogP contribution in [-0.4, -0.2) is 4.98 Å². The molecular formula is C11H12Cl2N2. The maximum absolute atomic E-state index is 9.02. The quantitative estimate of drug-likeness (QED) is 0.757. The van der Waals surface area contributed by atoms with E-state index < -0.39 is 0 Å². The highest BCUT2D eigenvalue weighted by atomic mass is 35.5. The fourth-order valence-electron chi connectivity index (χ4n) is 1.61. The maximum Gasteiger partial charge on any atom is 0.148 e. The number of halogens is 2. The highest BCUT2D eigenvalue weighted by Gasteiger charge is 2.15. The molecule has 4 heteroatoms. The summed E-state index contributed by atoms with van der Waals surface area (Å²) in [4.78, 5) is 3.97. The molecule has 15 heavy (non-hydrogen) atoms. The number of rotatable bonds is 3. The first kappa shape index (κ1) is 12.3. The van der Waals surface area contributed by atoms with Gasteiger partial charge in [-0.15, -0.1) is 0 Å². The van der Waals surface area contributed by atoms with Crippen molar-refractivity contribution in [3.05, 3.63) is 27.0 Å². The van der Waals surface area contributed by atoms with Gasteiger partial charge >= 0.3 is 0 Å². The molecule has 1 aromatic heterocycles. The minimum Gasteiger partial charge on any atom is -0.223 e. The molecule has 80 valence electrons. The Morgan fingerprint density at radius 2 is 1.87 bits per heavy atom. The summed E-state index contributed by atoms with van der Waals surface area (Å²) in [5.41, 5.74) is 2.37. The molecule has 1 aromatic rings. The molecule has 0 unspecified atom stereocenters. The standard InChI is InChI=1S/C11H12Cl2N2/c1-3-5-8-7(4-2)10(12)15-11(13)9(8)6-14/h3-5H2,1-2H3. The second kappa shape index (κ2) is 5.34. The molecule has 0 N–H and O–H groups in total. The van der Waals surface area contributed by atoms with Crippen LogP contribution in [0.5, 0.6) is 0 Å². The molecule has 0 aromatic carbocycles. The Balaban J connectivity index is 3.45. The smallest absolute Gasteiger partial charge is 0.148 e. The van der Waals surface area contributed by atoms with Crippen molar-refractivity contribution in [3.63, 3.8) is 0 Å². The Kier molecular flexibility index (Phi) is 4.38. The van der Waals surface area contributed by atoms with Crippen LogP contribution in [0.15, 0.2) is 0 Å². The lowest BCUT2D eigenvalue weighted by Gasteiger charge is -2.11. The van der Waals surface area contributed by atoms with Crippen molar-refractivity contribution in [3.8, 4) is 6.07 Å². The zero-order chi connectivity index (χ0) is 11.4. The van der Waals surface area contributed by atoms with Gasteiger partial charge in [-0.1, -0.05) is 43.5 Å². The average Bonchev–Trinajstić information content (AvgIpc) is 2.18. The van der Waals surface area contributed by atoms with E-state index in [1.807, 2.05) is 6.92 Å². The molecule has 0 spiro atoms. The molecule has 0 atom stereocenters. The summed E-state index contributed by atoms with van der Waals surface area (Å²) >= 11 is 11.9. The number of nitrogens with zero attached hydrogens (tertiary/aromatic N) is 2. The largest absolute Gasteiger partial charge is 0.223 e. The number of aromatic nitrogens is 1. The van der Waals surface area contributed by atoms with Gasteiger partial charge in [0.1, 0.15) is 16.4 Å². The summed E-state index contributed by atoms with van der Waals surface area (Å²) in [7, 11) is 0. The van der Waals surface area contributed by atoms with E-state index in [-0.39, 0.29) is 5.15 Å². The van der Waals surface area contributed by atoms with Crippen LogP contribution in [-0.2, 0) is 12.8 Å². The third-order valence-corrected chi connectivity index (χ3v) is 2.87. The highest BCUT2D eigenvalue weighted by molar-refractivity contribution is 6.33. The Bertz CT molecular complexity index is 408. The summed E-state index contributed by atoms with van der Waals surface area (Å²) in [5.74, 6) is 0. The predicted molar refractivity (Wildman–Crippen MR) is 62.3 cm³/mol. The molecule has 0 radical (unpaired) electrons. The van der Waals surface area contributed by atoms with Crippen LogP contribution in [0.2, 0.25) is 10.3 Å². The summed E-state index contributed by atoms with van der Waals surface area (Å²) < 4.78 is 0. The first-order valence-corrected chi connectivity index (χ1v) is 5.68. The molecule has 0 aliphatic rings. The Hall–Kier alpha value is -0.780. The fourth-order valence-corrected chi connectivity index (χ4v) is 2.22. The van der Waals surface area contributed by atoms with Crippen molar-refractivity contribution >= 4 is 23.2 Å². The Labute approximate surface area is 99.8 Å². The zero-order valence-corrected chi connectivity index (χ0v) is 10.3. The summed E-state index contributed by atoms with van der Waals surface area (Å²) in [6.45, 7) is 4.06. The lowest BCUT2D eigenvalue weighted by molar-refractivity contribution is 0.888. The summed E-state index contributed by atoms with van der Waals surface area (Å²) in [6.07, 6.45) is 2.54. The minimum absolute atomic E-state index is 0.211. The SMILES string of the molecule is CCCc1c(C#N)c(Cl)nc(Cl)c1CC. The van der Waals surface area contributed by atoms with Crippen LogP contribution in [0.25, 0.3) is 0 Å². The number of pyridine rings is 1. The summed E-state index contributed by atoms with van der Waals surface area (Å²) in [5, 5.41) is 9.65. The van der Waals surface area contributed by atoms with E-state index in [0.29, 0.717) is 10.7 Å². The van der Waals surface area contributed by atoms with Gasteiger partial charge in [0.25, 0.3) is 0 Å². The van der Waals surface area contributed by atoms with Crippen LogP contribution in [0.3, 0.4) is 0 Å². The average molecular weight is 243 g/mol. The Morgan fingerprint density at radius 1 is 1.20 bits per heavy atom. The van der Waals surface area contributed by atoms with Crippen molar-refractivity contribution in [2.24, 2.45) is 0 Å². The van der Waals surface area contributed by atoms with Crippen LogP contribution in [0, 0.1) is 11.3 Å². The molecule has 1 heterocycles. The molecule has 0 saturated heterocycles. The normalized spacial score (nSPS) is 10.1. The maximum atomic E-state index is 9.02. The van der Waals surface area contributed by atoms with E-state index in [9.17, 15) is 0 Å². The van der Waals surface area contributed by atoms with Gasteiger partial charge in [0.2, 0.25) is 0 Å². The van der Waals surface area contributed by atoms with Crippen LogP contribution < -0.4 is 0 Å². The molecule has 2 nitrogen and oxygen atoms in total. The lowest BCUT2D eigenvalue weighted by atomic mass is 9.99. The van der Waals surface area contributed by atoms with Gasteiger partial charge in [0.15, 0.2) is 0 Å². The fraction of sp³-hybridized carbons (Fsp3) is 0.455. The first-order chi connectivity index (χ1) is 7.15. The monoisotopic (exact) mass is 242 g/mol. The molecule has 0 saturated carbocycles. The molecule has 0 amide bonds. The van der Waals surface area contributed by atoms with Crippen molar-refractivity contribution < 1.29 is 0 Å². The van der Waals surface area contributed by atoms with Gasteiger partial charge in [0, 0.05) is 0 Å². The minimum atomic E-state index is 0.211. The van der Waals surface area contributed by atoms with Crippen molar-refractivity contribution in [1.82, 2.24) is 4.98 Å². The van der Waals surface area contributed by atoms with E-state index >= 15 is 0 Å². The summed E-state index contributed by atoms with van der Waals surface area (Å²) in [6, 6.07) is 2.10. The van der Waals surface area contributed by atoms with E-state index in [1.165, 1.54) is 0 Å². The van der Waals surface area contributed by atoms with E-state index in [2.05, 4.69) is 18.0 Å². The second-order valence-corrected chi connectivity index (χ2v) is 3.96. The highest BCUT2D eigenvalue weighted by Crippen LogP contribution is 2.28. The molecule has 0 aliphatic heterocycles. The number of hydrogen-bond acceptors (Lipinski definition) is 2. The van der Waals surface area contributed by atoms with Gasteiger partial charge in [-0.05, 0) is 24.0 Å². The van der Waals surface area contributed by atoms with Gasteiger partial charge in [0.05, 0.1) is 5.56 Å². The number of nitriles is 1. The van der Waals surface area contributed by atoms with E-state index in [0.717, 1.165) is 30.4 Å². The predicted octanol–water partition coefficient (Wildman–Crippen LogP) is 3.77. The Morgan fingerprint density at radius 3 is 2.33 bits per heavy atom. The van der Waals surface area contributed by atoms with Crippen LogP contribution in [0.1, 0.15) is 37.0 Å². The van der Waals surface area contributed by atoms with Crippen molar-refractivity contribution in [1.29, 1.82) is 5.26 Å². The van der Waals surface area contributed by atoms with Gasteiger partial charge < -0.3 is 0 Å². The van der Waals surface area contributed by atoms with Gasteiger partial charge in [-0.3, -0.25) is 0 Å². The first-order valence-electron chi connectivity index (χ1n) is 4.92. The topological polar surface area (TPSA) is 36.7 Å². The third kappa shape index (κ3) is 2.42. The van der Waals surface area contributed by atoms with E-state index in [4.69, 9.17) is 28.5 Å². The molecule has 0 fully saturated rings. The molecule has 0 bridgehead atoms. The zero-order valence-electron chi connectivity index (χ0n) is 8.77. The van der Waals surface area contributed by atoms with Crippen molar-refractivity contribution in [2.75, 3.05) is 0 Å². The van der Waals surface area contributed by atoms with Crippen LogP contribution in [0.4, 0.5) is 0 Å². The number of hydrogen-bond donors (Lipinski definition) is 0. The molecule has 1 rings (SSSR count). The third-order valence-electron chi connectivity index (χ3n) is 2.28. The second-order valence-electron chi connectivity index (χ2n) is 3.24. The molecular weight excluding hydrogens is 231 g/mol. The van der Waals surface area contributed by atoms with Gasteiger partial charge in [-0.25, -0.2) is 4.98 Å². The van der Waals surface area contributed by atoms with E-state index in [1.54, 1.807) is 0 Å².